The second kappa shape index (κ2) is 5.65. The zero-order valence-corrected chi connectivity index (χ0v) is 16.3. The molecule has 1 N–H and O–H groups in total. The summed E-state index contributed by atoms with van der Waals surface area (Å²) in [4.78, 5) is 24.4. The highest BCUT2D eigenvalue weighted by Crippen LogP contribution is 2.68. The van der Waals surface area contributed by atoms with Crippen LogP contribution in [0.3, 0.4) is 0 Å². The summed E-state index contributed by atoms with van der Waals surface area (Å²) in [6, 6.07) is 0. The van der Waals surface area contributed by atoms with Gasteiger partial charge < -0.3 is 5.11 Å². The number of rotatable bonds is 1. The quantitative estimate of drug-likeness (QED) is 0.780. The third-order valence-corrected chi connectivity index (χ3v) is 9.19. The molecule has 4 aliphatic carbocycles. The minimum atomic E-state index is -0.320. The first kappa shape index (κ1) is 17.7. The Morgan fingerprint density at radius 1 is 1.20 bits per heavy atom. The largest absolute Gasteiger partial charge is 0.393 e. The third-order valence-electron chi connectivity index (χ3n) is 9.19. The SMILES string of the molecule is CC(=O)C1C(C)CC2C3CCC4CC(=O)CCC4(C)C3C(O)CC21C. The molecule has 4 saturated carbocycles. The van der Waals surface area contributed by atoms with Gasteiger partial charge >= 0.3 is 0 Å². The summed E-state index contributed by atoms with van der Waals surface area (Å²) in [7, 11) is 0. The highest BCUT2D eigenvalue weighted by atomic mass is 16.3. The van der Waals surface area contributed by atoms with Crippen LogP contribution in [-0.4, -0.2) is 22.8 Å². The lowest BCUT2D eigenvalue weighted by Crippen LogP contribution is -2.59. The standard InChI is InChI=1S/C22H34O3/c1-12-9-17-16-6-5-14-10-15(24)7-8-21(14,3)20(16)18(25)11-22(17,4)19(12)13(2)23/h12,14,16-20,25H,5-11H2,1-4H3. The van der Waals surface area contributed by atoms with Gasteiger partial charge in [0, 0.05) is 18.8 Å². The Labute approximate surface area is 151 Å². The molecule has 0 bridgehead atoms. The lowest BCUT2D eigenvalue weighted by atomic mass is 9.44. The molecule has 0 aromatic carbocycles. The normalized spacial score (nSPS) is 55.2. The molecule has 3 heteroatoms. The molecule has 0 aromatic heterocycles. The van der Waals surface area contributed by atoms with E-state index < -0.39 is 0 Å². The number of fused-ring (bicyclic) bond motifs is 5. The van der Waals surface area contributed by atoms with E-state index in [0.717, 1.165) is 38.5 Å². The maximum Gasteiger partial charge on any atom is 0.133 e. The number of carbonyl (C=O) groups excluding carboxylic acids is 2. The van der Waals surface area contributed by atoms with Gasteiger partial charge in [0.1, 0.15) is 11.6 Å². The Bertz CT molecular complexity index is 598. The van der Waals surface area contributed by atoms with Crippen LogP contribution in [0.2, 0.25) is 0 Å². The number of Topliss-reactive ketones (excluding diaryl/α,β-unsaturated/α-hetero) is 2. The van der Waals surface area contributed by atoms with Gasteiger partial charge in [-0.05, 0) is 79.4 Å². The van der Waals surface area contributed by atoms with Crippen LogP contribution in [0.15, 0.2) is 0 Å². The van der Waals surface area contributed by atoms with E-state index in [-0.39, 0.29) is 22.9 Å². The van der Waals surface area contributed by atoms with Crippen molar-refractivity contribution in [2.45, 2.75) is 78.7 Å². The van der Waals surface area contributed by atoms with Gasteiger partial charge in [0.2, 0.25) is 0 Å². The van der Waals surface area contributed by atoms with Crippen molar-refractivity contribution in [1.29, 1.82) is 0 Å². The van der Waals surface area contributed by atoms with Crippen LogP contribution in [0.4, 0.5) is 0 Å². The average molecular weight is 347 g/mol. The summed E-state index contributed by atoms with van der Waals surface area (Å²) >= 11 is 0. The molecule has 3 nitrogen and oxygen atoms in total. The summed E-state index contributed by atoms with van der Waals surface area (Å²) in [5.41, 5.74) is 0.0641. The monoisotopic (exact) mass is 346 g/mol. The number of aliphatic hydroxyl groups is 1. The Kier molecular flexibility index (Phi) is 4.00. The number of carbonyl (C=O) groups is 2. The number of hydrogen-bond donors (Lipinski definition) is 1. The van der Waals surface area contributed by atoms with E-state index in [9.17, 15) is 14.7 Å². The first-order chi connectivity index (χ1) is 11.7. The highest BCUT2D eigenvalue weighted by Gasteiger charge is 2.64. The van der Waals surface area contributed by atoms with E-state index in [0.29, 0.717) is 47.6 Å². The predicted octanol–water partition coefficient (Wildman–Crippen LogP) is 4.02. The average Bonchev–Trinajstić information content (AvgIpc) is 2.77. The van der Waals surface area contributed by atoms with Gasteiger partial charge in [-0.3, -0.25) is 9.59 Å². The summed E-state index contributed by atoms with van der Waals surface area (Å²) in [6.45, 7) is 8.63. The van der Waals surface area contributed by atoms with Crippen molar-refractivity contribution in [3.63, 3.8) is 0 Å². The molecule has 0 saturated heterocycles. The third kappa shape index (κ3) is 2.33. The van der Waals surface area contributed by atoms with Crippen molar-refractivity contribution in [3.8, 4) is 0 Å². The first-order valence-electron chi connectivity index (χ1n) is 10.4. The van der Waals surface area contributed by atoms with Crippen LogP contribution in [-0.2, 0) is 9.59 Å². The number of hydrogen-bond acceptors (Lipinski definition) is 3. The molecular weight excluding hydrogens is 312 g/mol. The molecule has 4 fully saturated rings. The second-order valence-corrected chi connectivity index (χ2v) is 10.4. The van der Waals surface area contributed by atoms with Crippen molar-refractivity contribution >= 4 is 11.6 Å². The Balaban J connectivity index is 1.70. The molecule has 0 heterocycles. The minimum absolute atomic E-state index is 0.0421. The number of ketones is 2. The topological polar surface area (TPSA) is 54.4 Å². The fraction of sp³-hybridized carbons (Fsp3) is 0.909. The Morgan fingerprint density at radius 2 is 1.92 bits per heavy atom. The van der Waals surface area contributed by atoms with E-state index in [1.807, 2.05) is 0 Å². The molecule has 4 aliphatic rings. The minimum Gasteiger partial charge on any atom is -0.393 e. The molecule has 0 aliphatic heterocycles. The van der Waals surface area contributed by atoms with E-state index in [1.165, 1.54) is 0 Å². The Morgan fingerprint density at radius 3 is 2.60 bits per heavy atom. The van der Waals surface area contributed by atoms with Gasteiger partial charge in [0.05, 0.1) is 6.10 Å². The second-order valence-electron chi connectivity index (χ2n) is 10.4. The van der Waals surface area contributed by atoms with Gasteiger partial charge in [-0.15, -0.1) is 0 Å². The van der Waals surface area contributed by atoms with Crippen molar-refractivity contribution in [2.75, 3.05) is 0 Å². The van der Waals surface area contributed by atoms with Crippen LogP contribution in [0.5, 0.6) is 0 Å². The van der Waals surface area contributed by atoms with Crippen LogP contribution in [0.1, 0.15) is 72.6 Å². The summed E-state index contributed by atoms with van der Waals surface area (Å²) in [6.07, 6.45) is 6.20. The van der Waals surface area contributed by atoms with Crippen LogP contribution in [0.25, 0.3) is 0 Å². The molecule has 0 amide bonds. The molecule has 140 valence electrons. The zero-order valence-electron chi connectivity index (χ0n) is 16.3. The Hall–Kier alpha value is -0.700. The van der Waals surface area contributed by atoms with Crippen LogP contribution >= 0.6 is 0 Å². The molecule has 0 radical (unpaired) electrons. The van der Waals surface area contributed by atoms with Gasteiger partial charge in [0.25, 0.3) is 0 Å². The van der Waals surface area contributed by atoms with Crippen molar-refractivity contribution in [2.24, 2.45) is 46.3 Å². The zero-order chi connectivity index (χ0) is 18.1. The highest BCUT2D eigenvalue weighted by molar-refractivity contribution is 5.80. The fourth-order valence-corrected chi connectivity index (χ4v) is 8.40. The molecule has 9 unspecified atom stereocenters. The van der Waals surface area contributed by atoms with E-state index in [2.05, 4.69) is 20.8 Å². The summed E-state index contributed by atoms with van der Waals surface area (Å²) < 4.78 is 0. The van der Waals surface area contributed by atoms with Gasteiger partial charge in [0.15, 0.2) is 0 Å². The lowest BCUT2D eigenvalue weighted by molar-refractivity contribution is -0.174. The van der Waals surface area contributed by atoms with Crippen LogP contribution in [0, 0.1) is 46.3 Å². The smallest absolute Gasteiger partial charge is 0.133 e. The summed E-state index contributed by atoms with van der Waals surface area (Å²) in [5, 5.41) is 11.3. The van der Waals surface area contributed by atoms with Gasteiger partial charge in [-0.25, -0.2) is 0 Å². The lowest BCUT2D eigenvalue weighted by Gasteiger charge is -2.61. The van der Waals surface area contributed by atoms with E-state index in [1.54, 1.807) is 6.92 Å². The first-order valence-corrected chi connectivity index (χ1v) is 10.4. The predicted molar refractivity (Wildman–Crippen MR) is 96.8 cm³/mol. The molecular formula is C22H34O3. The summed E-state index contributed by atoms with van der Waals surface area (Å²) in [5.74, 6) is 3.11. The maximum absolute atomic E-state index is 12.4. The molecule has 0 aromatic rings. The van der Waals surface area contributed by atoms with Crippen molar-refractivity contribution in [3.05, 3.63) is 0 Å². The number of aliphatic hydroxyl groups excluding tert-OH is 1. The molecule has 25 heavy (non-hydrogen) atoms. The van der Waals surface area contributed by atoms with Crippen molar-refractivity contribution in [1.82, 2.24) is 0 Å². The van der Waals surface area contributed by atoms with Crippen LogP contribution < -0.4 is 0 Å². The van der Waals surface area contributed by atoms with Gasteiger partial charge in [-0.1, -0.05) is 20.8 Å². The molecule has 9 atom stereocenters. The molecule has 0 spiro atoms. The van der Waals surface area contributed by atoms with E-state index in [4.69, 9.17) is 0 Å². The van der Waals surface area contributed by atoms with Crippen molar-refractivity contribution < 1.29 is 14.7 Å². The molecule has 4 rings (SSSR count). The maximum atomic E-state index is 12.4. The van der Waals surface area contributed by atoms with Gasteiger partial charge in [-0.2, -0.15) is 0 Å². The fourth-order valence-electron chi connectivity index (χ4n) is 8.40. The van der Waals surface area contributed by atoms with E-state index >= 15 is 0 Å².